The summed E-state index contributed by atoms with van der Waals surface area (Å²) in [7, 11) is 1.22. The van der Waals surface area contributed by atoms with Gasteiger partial charge >= 0.3 is 5.97 Å². The lowest BCUT2D eigenvalue weighted by Crippen LogP contribution is -1.99. The van der Waals surface area contributed by atoms with Crippen molar-refractivity contribution < 1.29 is 19.0 Å². The Morgan fingerprint density at radius 1 is 1.53 bits per heavy atom. The highest BCUT2D eigenvalue weighted by atomic mass is 19.1. The first-order valence-electron chi connectivity index (χ1n) is 4.34. The Morgan fingerprint density at radius 2 is 2.20 bits per heavy atom. The van der Waals surface area contributed by atoms with Crippen LogP contribution < -0.4 is 0 Å². The van der Waals surface area contributed by atoms with E-state index in [1.165, 1.54) is 31.4 Å². The Labute approximate surface area is 86.8 Å². The molecule has 0 aliphatic carbocycles. The number of methoxy groups -OCH3 is 1. The molecule has 15 heavy (non-hydrogen) atoms. The third kappa shape index (κ3) is 3.18. The normalized spacial score (nSPS) is 12.7. The number of aliphatic hydroxyl groups is 1. The summed E-state index contributed by atoms with van der Waals surface area (Å²) in [5.41, 5.74) is 0.123. The standard InChI is InChI=1S/C11H11FO3/c1-15-11(14)7-6-10(13)8-4-2-3-5-9(8)12/h2-7,10,13H,1H3/b7-6+/t10-/m0/s1. The zero-order chi connectivity index (χ0) is 11.3. The van der Waals surface area contributed by atoms with Crippen molar-refractivity contribution in [3.8, 4) is 0 Å². The second-order valence-corrected chi connectivity index (χ2v) is 2.85. The summed E-state index contributed by atoms with van der Waals surface area (Å²) in [6, 6.07) is 5.81. The van der Waals surface area contributed by atoms with Gasteiger partial charge in [-0.15, -0.1) is 0 Å². The molecule has 0 aliphatic rings. The largest absolute Gasteiger partial charge is 0.466 e. The number of benzene rings is 1. The molecule has 0 saturated carbocycles. The highest BCUT2D eigenvalue weighted by Crippen LogP contribution is 2.17. The van der Waals surface area contributed by atoms with Crippen LogP contribution in [0.3, 0.4) is 0 Å². The first-order valence-corrected chi connectivity index (χ1v) is 4.34. The summed E-state index contributed by atoms with van der Waals surface area (Å²) in [6.45, 7) is 0. The molecular weight excluding hydrogens is 199 g/mol. The van der Waals surface area contributed by atoms with Crippen molar-refractivity contribution in [3.63, 3.8) is 0 Å². The van der Waals surface area contributed by atoms with Gasteiger partial charge in [-0.25, -0.2) is 9.18 Å². The molecule has 1 aromatic rings. The summed E-state index contributed by atoms with van der Waals surface area (Å²) < 4.78 is 17.5. The van der Waals surface area contributed by atoms with Gasteiger partial charge in [0.05, 0.1) is 7.11 Å². The van der Waals surface area contributed by atoms with E-state index in [9.17, 15) is 14.3 Å². The molecule has 1 rings (SSSR count). The van der Waals surface area contributed by atoms with E-state index in [1.807, 2.05) is 0 Å². The first kappa shape index (κ1) is 11.4. The molecule has 4 heteroatoms. The third-order valence-corrected chi connectivity index (χ3v) is 1.84. The van der Waals surface area contributed by atoms with Gasteiger partial charge in [0.2, 0.25) is 0 Å². The molecule has 80 valence electrons. The molecule has 1 atom stereocenters. The van der Waals surface area contributed by atoms with Crippen molar-refractivity contribution >= 4 is 5.97 Å². The van der Waals surface area contributed by atoms with Gasteiger partial charge in [0.25, 0.3) is 0 Å². The summed E-state index contributed by atoms with van der Waals surface area (Å²) in [4.78, 5) is 10.7. The van der Waals surface area contributed by atoms with Crippen molar-refractivity contribution in [2.45, 2.75) is 6.10 Å². The Balaban J connectivity index is 2.77. The van der Waals surface area contributed by atoms with Gasteiger partial charge in [0, 0.05) is 11.6 Å². The van der Waals surface area contributed by atoms with Crippen LogP contribution in [0, 0.1) is 5.82 Å². The number of rotatable bonds is 3. The maximum absolute atomic E-state index is 13.1. The van der Waals surface area contributed by atoms with E-state index in [2.05, 4.69) is 4.74 Å². The minimum Gasteiger partial charge on any atom is -0.466 e. The number of esters is 1. The first-order chi connectivity index (χ1) is 7.15. The lowest BCUT2D eigenvalue weighted by Gasteiger charge is -2.06. The molecule has 0 saturated heterocycles. The smallest absolute Gasteiger partial charge is 0.330 e. The fourth-order valence-corrected chi connectivity index (χ4v) is 1.06. The summed E-state index contributed by atoms with van der Waals surface area (Å²) >= 11 is 0. The second kappa shape index (κ2) is 5.26. The Kier molecular flexibility index (Phi) is 4.00. The molecule has 0 fully saturated rings. The van der Waals surface area contributed by atoms with E-state index >= 15 is 0 Å². The molecule has 1 N–H and O–H groups in total. The number of carbonyl (C=O) groups excluding carboxylic acids is 1. The van der Waals surface area contributed by atoms with Gasteiger partial charge in [-0.1, -0.05) is 18.2 Å². The van der Waals surface area contributed by atoms with Crippen LogP contribution in [-0.4, -0.2) is 18.2 Å². The number of hydrogen-bond donors (Lipinski definition) is 1. The van der Waals surface area contributed by atoms with Crippen LogP contribution >= 0.6 is 0 Å². The molecule has 0 heterocycles. The fraction of sp³-hybridized carbons (Fsp3) is 0.182. The molecule has 3 nitrogen and oxygen atoms in total. The molecule has 0 aromatic heterocycles. The second-order valence-electron chi connectivity index (χ2n) is 2.85. The van der Waals surface area contributed by atoms with Crippen LogP contribution in [0.5, 0.6) is 0 Å². The third-order valence-electron chi connectivity index (χ3n) is 1.84. The van der Waals surface area contributed by atoms with E-state index in [0.29, 0.717) is 0 Å². The number of carbonyl (C=O) groups is 1. The Bertz CT molecular complexity index is 374. The van der Waals surface area contributed by atoms with Crippen molar-refractivity contribution in [1.29, 1.82) is 0 Å². The van der Waals surface area contributed by atoms with Gasteiger partial charge in [-0.2, -0.15) is 0 Å². The zero-order valence-electron chi connectivity index (χ0n) is 8.18. The highest BCUT2D eigenvalue weighted by molar-refractivity contribution is 5.81. The predicted octanol–water partition coefficient (Wildman–Crippen LogP) is 1.59. The molecule has 1 aromatic carbocycles. The van der Waals surface area contributed by atoms with Crippen molar-refractivity contribution in [2.24, 2.45) is 0 Å². The van der Waals surface area contributed by atoms with Crippen LogP contribution in [0.4, 0.5) is 4.39 Å². The lowest BCUT2D eigenvalue weighted by atomic mass is 10.1. The van der Waals surface area contributed by atoms with E-state index in [-0.39, 0.29) is 5.56 Å². The van der Waals surface area contributed by atoms with Crippen LogP contribution in [-0.2, 0) is 9.53 Å². The molecule has 0 amide bonds. The quantitative estimate of drug-likeness (QED) is 0.608. The van der Waals surface area contributed by atoms with Crippen molar-refractivity contribution in [3.05, 3.63) is 47.8 Å². The fourth-order valence-electron chi connectivity index (χ4n) is 1.06. The molecule has 0 aliphatic heterocycles. The predicted molar refractivity (Wildman–Crippen MR) is 52.5 cm³/mol. The van der Waals surface area contributed by atoms with Crippen LogP contribution in [0.25, 0.3) is 0 Å². The average Bonchev–Trinajstić information content (AvgIpc) is 2.26. The monoisotopic (exact) mass is 210 g/mol. The Morgan fingerprint density at radius 3 is 2.80 bits per heavy atom. The minimum absolute atomic E-state index is 0.123. The molecule has 0 radical (unpaired) electrons. The Hall–Kier alpha value is -1.68. The van der Waals surface area contributed by atoms with Crippen molar-refractivity contribution in [2.75, 3.05) is 7.11 Å². The van der Waals surface area contributed by atoms with Crippen LogP contribution in [0.1, 0.15) is 11.7 Å². The van der Waals surface area contributed by atoms with Gasteiger partial charge in [-0.3, -0.25) is 0 Å². The SMILES string of the molecule is COC(=O)/C=C/[C@H](O)c1ccccc1F. The van der Waals surface area contributed by atoms with Gasteiger partial charge in [-0.05, 0) is 12.1 Å². The highest BCUT2D eigenvalue weighted by Gasteiger charge is 2.08. The molecule has 0 unspecified atom stereocenters. The number of halogens is 1. The zero-order valence-corrected chi connectivity index (χ0v) is 8.18. The van der Waals surface area contributed by atoms with Gasteiger partial charge in [0.15, 0.2) is 0 Å². The topological polar surface area (TPSA) is 46.5 Å². The lowest BCUT2D eigenvalue weighted by molar-refractivity contribution is -0.134. The molecular formula is C11H11FO3. The molecule has 0 bridgehead atoms. The van der Waals surface area contributed by atoms with Gasteiger partial charge < -0.3 is 9.84 Å². The van der Waals surface area contributed by atoms with Crippen LogP contribution in [0.15, 0.2) is 36.4 Å². The minimum atomic E-state index is -1.15. The van der Waals surface area contributed by atoms with E-state index < -0.39 is 17.9 Å². The average molecular weight is 210 g/mol. The van der Waals surface area contributed by atoms with E-state index in [0.717, 1.165) is 6.08 Å². The maximum Gasteiger partial charge on any atom is 0.330 e. The number of hydrogen-bond acceptors (Lipinski definition) is 3. The maximum atomic E-state index is 13.1. The summed E-state index contributed by atoms with van der Waals surface area (Å²) in [5, 5.41) is 9.51. The van der Waals surface area contributed by atoms with Crippen LogP contribution in [0.2, 0.25) is 0 Å². The number of aliphatic hydroxyl groups excluding tert-OH is 1. The van der Waals surface area contributed by atoms with Gasteiger partial charge in [0.1, 0.15) is 11.9 Å². The van der Waals surface area contributed by atoms with E-state index in [4.69, 9.17) is 0 Å². The summed E-state index contributed by atoms with van der Waals surface area (Å²) in [6.07, 6.45) is 1.08. The van der Waals surface area contributed by atoms with E-state index in [1.54, 1.807) is 6.07 Å². The molecule has 0 spiro atoms. The number of ether oxygens (including phenoxy) is 1. The van der Waals surface area contributed by atoms with Crippen molar-refractivity contribution in [1.82, 2.24) is 0 Å². The summed E-state index contributed by atoms with van der Waals surface area (Å²) in [5.74, 6) is -1.11.